The van der Waals surface area contributed by atoms with Gasteiger partial charge in [-0.1, -0.05) is 97.6 Å². The molecular weight excluding hydrogens is 336 g/mol. The van der Waals surface area contributed by atoms with Crippen LogP contribution in [-0.2, 0) is 9.53 Å². The molecule has 0 saturated carbocycles. The van der Waals surface area contributed by atoms with E-state index in [1.54, 1.807) is 0 Å². The summed E-state index contributed by atoms with van der Waals surface area (Å²) in [6.07, 6.45) is 0. The first-order chi connectivity index (χ1) is 12.7. The number of hydrogen-bond donors (Lipinski definition) is 0. The Bertz CT molecular complexity index is 777. The molecule has 0 unspecified atom stereocenters. The van der Waals surface area contributed by atoms with E-state index in [9.17, 15) is 4.79 Å². The summed E-state index contributed by atoms with van der Waals surface area (Å²) in [5.41, 5.74) is 0. The lowest BCUT2D eigenvalue weighted by Crippen LogP contribution is -2.69. The van der Waals surface area contributed by atoms with Gasteiger partial charge >= 0.3 is 5.97 Å². The largest absolute Gasteiger partial charge is 0.463 e. The van der Waals surface area contributed by atoms with Crippen molar-refractivity contribution < 1.29 is 9.53 Å². The van der Waals surface area contributed by atoms with E-state index < -0.39 is 8.07 Å². The maximum Gasteiger partial charge on any atom is 0.330 e. The Morgan fingerprint density at radius 3 is 1.42 bits per heavy atom. The predicted octanol–water partition coefficient (Wildman–Crippen LogP) is 2.82. The number of carbonyl (C=O) groups is 1. The zero-order chi connectivity index (χ0) is 18.4. The summed E-state index contributed by atoms with van der Waals surface area (Å²) in [5.74, 6) is -0.323. The van der Waals surface area contributed by atoms with Gasteiger partial charge in [-0.25, -0.2) is 4.79 Å². The van der Waals surface area contributed by atoms with E-state index in [-0.39, 0.29) is 5.97 Å². The molecule has 130 valence electrons. The average molecular weight is 359 g/mol. The summed E-state index contributed by atoms with van der Waals surface area (Å²) in [5, 5.41) is 3.91. The summed E-state index contributed by atoms with van der Waals surface area (Å²) in [6, 6.07) is 30.6. The highest BCUT2D eigenvalue weighted by Crippen LogP contribution is 2.17. The fraction of sp³-hybridized carbons (Fsp3) is 0.0870. The Morgan fingerprint density at radius 1 is 0.769 bits per heavy atom. The monoisotopic (exact) mass is 358 g/mol. The van der Waals surface area contributed by atoms with Crippen LogP contribution in [0, 0.1) is 0 Å². The lowest BCUT2D eigenvalue weighted by atomic mass is 10.3. The molecule has 26 heavy (non-hydrogen) atoms. The highest BCUT2D eigenvalue weighted by atomic mass is 28.3. The highest BCUT2D eigenvalue weighted by Gasteiger charge is 2.45. The lowest BCUT2D eigenvalue weighted by molar-refractivity contribution is -0.137. The number of rotatable bonds is 6. The Hall–Kier alpha value is -2.91. The van der Waals surface area contributed by atoms with Gasteiger partial charge in [0.15, 0.2) is 8.07 Å². The van der Waals surface area contributed by atoms with Crippen LogP contribution in [0.5, 0.6) is 0 Å². The third-order valence-electron chi connectivity index (χ3n) is 4.59. The molecule has 0 atom stereocenters. The van der Waals surface area contributed by atoms with Crippen LogP contribution in [0.3, 0.4) is 0 Å². The van der Waals surface area contributed by atoms with E-state index in [1.807, 2.05) is 61.5 Å². The maximum absolute atomic E-state index is 12.8. The molecule has 0 spiro atoms. The molecule has 0 amide bonds. The van der Waals surface area contributed by atoms with Crippen molar-refractivity contribution in [2.24, 2.45) is 0 Å². The van der Waals surface area contributed by atoms with Gasteiger partial charge < -0.3 is 4.74 Å². The van der Waals surface area contributed by atoms with Crippen LogP contribution in [0.15, 0.2) is 103 Å². The highest BCUT2D eigenvalue weighted by molar-refractivity contribution is 7.18. The molecule has 3 aromatic rings. The number of hydrogen-bond acceptors (Lipinski definition) is 2. The zero-order valence-electron chi connectivity index (χ0n) is 14.9. The van der Waals surface area contributed by atoms with Crippen LogP contribution in [0.1, 0.15) is 6.92 Å². The molecular formula is C23H22O2Si. The van der Waals surface area contributed by atoms with Gasteiger partial charge in [0.2, 0.25) is 0 Å². The number of carbonyl (C=O) groups excluding carboxylic acids is 1. The van der Waals surface area contributed by atoms with Gasteiger partial charge in [0, 0.05) is 5.20 Å². The Balaban J connectivity index is 2.36. The molecule has 0 saturated heterocycles. The van der Waals surface area contributed by atoms with Gasteiger partial charge in [0.05, 0.1) is 6.61 Å². The van der Waals surface area contributed by atoms with Crippen molar-refractivity contribution >= 4 is 29.6 Å². The van der Waals surface area contributed by atoms with Crippen molar-refractivity contribution in [2.45, 2.75) is 6.92 Å². The fourth-order valence-electron chi connectivity index (χ4n) is 3.46. The van der Waals surface area contributed by atoms with Crippen molar-refractivity contribution in [1.82, 2.24) is 0 Å². The van der Waals surface area contributed by atoms with Crippen molar-refractivity contribution in [2.75, 3.05) is 6.61 Å². The van der Waals surface area contributed by atoms with E-state index in [0.717, 1.165) is 15.6 Å². The van der Waals surface area contributed by atoms with E-state index in [2.05, 4.69) is 43.0 Å². The van der Waals surface area contributed by atoms with Crippen LogP contribution in [-0.4, -0.2) is 20.7 Å². The average Bonchev–Trinajstić information content (AvgIpc) is 2.71. The zero-order valence-corrected chi connectivity index (χ0v) is 15.9. The Morgan fingerprint density at radius 2 is 1.12 bits per heavy atom. The van der Waals surface area contributed by atoms with Crippen molar-refractivity contribution in [3.05, 3.63) is 103 Å². The first-order valence-corrected chi connectivity index (χ1v) is 10.7. The molecule has 0 N–H and O–H groups in total. The van der Waals surface area contributed by atoms with Gasteiger partial charge in [-0.3, -0.25) is 0 Å². The molecule has 0 aliphatic rings. The van der Waals surface area contributed by atoms with Gasteiger partial charge in [-0.05, 0) is 22.5 Å². The first-order valence-electron chi connectivity index (χ1n) is 8.74. The van der Waals surface area contributed by atoms with Crippen LogP contribution < -0.4 is 15.6 Å². The van der Waals surface area contributed by atoms with Crippen LogP contribution >= 0.6 is 0 Å². The maximum atomic E-state index is 12.8. The minimum absolute atomic E-state index is 0.323. The minimum atomic E-state index is -2.80. The standard InChI is InChI=1S/C23H22O2Si/c1-3-25-23(24)19(2)26(20-13-7-4-8-14-20,21-15-9-5-10-16-21)22-17-11-6-12-18-22/h4-18H,2-3H2,1H3. The van der Waals surface area contributed by atoms with Crippen LogP contribution in [0.4, 0.5) is 0 Å². The molecule has 0 heterocycles. The number of ether oxygens (including phenoxy) is 1. The quantitative estimate of drug-likeness (QED) is 0.293. The minimum Gasteiger partial charge on any atom is -0.463 e. The van der Waals surface area contributed by atoms with E-state index in [1.165, 1.54) is 0 Å². The molecule has 0 bridgehead atoms. The van der Waals surface area contributed by atoms with Crippen molar-refractivity contribution in [1.29, 1.82) is 0 Å². The van der Waals surface area contributed by atoms with Crippen LogP contribution in [0.25, 0.3) is 0 Å². The normalized spacial score (nSPS) is 11.0. The topological polar surface area (TPSA) is 26.3 Å². The number of benzene rings is 3. The third-order valence-corrected chi connectivity index (χ3v) is 9.30. The predicted molar refractivity (Wildman–Crippen MR) is 110 cm³/mol. The van der Waals surface area contributed by atoms with Gasteiger partial charge in [0.1, 0.15) is 0 Å². The van der Waals surface area contributed by atoms with E-state index in [4.69, 9.17) is 4.74 Å². The summed E-state index contributed by atoms with van der Waals surface area (Å²) < 4.78 is 5.37. The molecule has 0 aliphatic heterocycles. The summed E-state index contributed by atoms with van der Waals surface area (Å²) in [4.78, 5) is 12.8. The fourth-order valence-corrected chi connectivity index (χ4v) is 7.96. The second-order valence-electron chi connectivity index (χ2n) is 6.05. The summed E-state index contributed by atoms with van der Waals surface area (Å²) >= 11 is 0. The van der Waals surface area contributed by atoms with Crippen molar-refractivity contribution in [3.63, 3.8) is 0 Å². The van der Waals surface area contributed by atoms with Gasteiger partial charge in [-0.15, -0.1) is 0 Å². The second kappa shape index (κ2) is 7.98. The molecule has 0 fully saturated rings. The van der Waals surface area contributed by atoms with E-state index in [0.29, 0.717) is 11.8 Å². The smallest absolute Gasteiger partial charge is 0.330 e. The van der Waals surface area contributed by atoms with Gasteiger partial charge in [-0.2, -0.15) is 0 Å². The lowest BCUT2D eigenvalue weighted by Gasteiger charge is -2.34. The Labute approximate surface area is 155 Å². The first kappa shape index (κ1) is 17.9. The summed E-state index contributed by atoms with van der Waals surface area (Å²) in [6.45, 7) is 6.42. The molecule has 3 rings (SSSR count). The molecule has 3 heteroatoms. The SMILES string of the molecule is C=C(C(=O)OCC)[Si](c1ccccc1)(c1ccccc1)c1ccccc1. The van der Waals surface area contributed by atoms with Crippen molar-refractivity contribution in [3.8, 4) is 0 Å². The van der Waals surface area contributed by atoms with E-state index >= 15 is 0 Å². The molecule has 0 aromatic heterocycles. The van der Waals surface area contributed by atoms with Gasteiger partial charge in [0.25, 0.3) is 0 Å². The molecule has 0 aliphatic carbocycles. The molecule has 0 radical (unpaired) electrons. The third kappa shape index (κ3) is 3.14. The second-order valence-corrected chi connectivity index (χ2v) is 9.88. The molecule has 3 aromatic carbocycles. The number of esters is 1. The van der Waals surface area contributed by atoms with Crippen LogP contribution in [0.2, 0.25) is 0 Å². The Kier molecular flexibility index (Phi) is 5.49. The molecule has 2 nitrogen and oxygen atoms in total. The summed E-state index contributed by atoms with van der Waals surface area (Å²) in [7, 11) is -2.80.